The van der Waals surface area contributed by atoms with E-state index in [0.717, 1.165) is 18.5 Å². The molecule has 5 heteroatoms. The number of anilines is 2. The molecule has 3 N–H and O–H groups in total. The first-order chi connectivity index (χ1) is 8.31. The molecule has 1 aromatic heterocycles. The summed E-state index contributed by atoms with van der Waals surface area (Å²) in [7, 11) is 0. The Balaban J connectivity index is 1.48. The van der Waals surface area contributed by atoms with Crippen LogP contribution in [0.4, 0.5) is 11.8 Å². The molecule has 0 aromatic carbocycles. The van der Waals surface area contributed by atoms with E-state index in [9.17, 15) is 0 Å². The lowest BCUT2D eigenvalue weighted by Crippen LogP contribution is -2.25. The minimum atomic E-state index is 0.522. The summed E-state index contributed by atoms with van der Waals surface area (Å²) in [5.74, 6) is 1.89. The van der Waals surface area contributed by atoms with Gasteiger partial charge >= 0.3 is 0 Å². The fraction of sp³-hybridized carbons (Fsp3) is 0.667. The maximum atomic E-state index is 5.61. The van der Waals surface area contributed by atoms with Crippen molar-refractivity contribution in [3.05, 3.63) is 12.3 Å². The van der Waals surface area contributed by atoms with Crippen LogP contribution >= 0.6 is 0 Å². The fourth-order valence-corrected chi connectivity index (χ4v) is 2.49. The predicted molar refractivity (Wildman–Crippen MR) is 67.6 cm³/mol. The summed E-state index contributed by atoms with van der Waals surface area (Å²) in [6.45, 7) is 3.43. The highest BCUT2D eigenvalue weighted by Gasteiger charge is 2.34. The van der Waals surface area contributed by atoms with E-state index in [1.165, 1.54) is 32.4 Å². The smallest absolute Gasteiger partial charge is 0.224 e. The molecule has 1 aliphatic heterocycles. The molecule has 1 aliphatic carbocycles. The van der Waals surface area contributed by atoms with E-state index in [0.29, 0.717) is 11.8 Å². The average molecular weight is 233 g/mol. The number of nitrogens with one attached hydrogen (secondary N) is 1. The third kappa shape index (κ3) is 2.66. The molecule has 0 bridgehead atoms. The molecule has 1 saturated carbocycles. The highest BCUT2D eigenvalue weighted by molar-refractivity contribution is 5.34. The van der Waals surface area contributed by atoms with E-state index >= 15 is 0 Å². The lowest BCUT2D eigenvalue weighted by atomic mass is 10.1. The first-order valence-corrected chi connectivity index (χ1v) is 6.38. The number of nitrogens with zero attached hydrogens (tertiary/aromatic N) is 3. The molecule has 2 heterocycles. The number of hydrogen-bond donors (Lipinski definition) is 2. The summed E-state index contributed by atoms with van der Waals surface area (Å²) < 4.78 is 0. The van der Waals surface area contributed by atoms with Crippen molar-refractivity contribution in [2.45, 2.75) is 25.3 Å². The van der Waals surface area contributed by atoms with E-state index in [4.69, 9.17) is 5.73 Å². The summed E-state index contributed by atoms with van der Waals surface area (Å²) in [6, 6.07) is 2.60. The van der Waals surface area contributed by atoms with Crippen molar-refractivity contribution < 1.29 is 0 Å². The summed E-state index contributed by atoms with van der Waals surface area (Å²) in [4.78, 5) is 10.9. The zero-order chi connectivity index (χ0) is 11.7. The molecule has 0 amide bonds. The molecule has 1 atom stereocenters. The van der Waals surface area contributed by atoms with Crippen LogP contribution in [0, 0.1) is 5.92 Å². The van der Waals surface area contributed by atoms with Gasteiger partial charge in [0.2, 0.25) is 5.95 Å². The van der Waals surface area contributed by atoms with Gasteiger partial charge < -0.3 is 16.0 Å². The van der Waals surface area contributed by atoms with Crippen LogP contribution in [0.25, 0.3) is 0 Å². The third-order valence-corrected chi connectivity index (χ3v) is 3.61. The Bertz CT molecular complexity index is 390. The number of likely N-dealkylation sites (tertiary alicyclic amines) is 1. The van der Waals surface area contributed by atoms with E-state index in [1.807, 2.05) is 0 Å². The molecule has 5 nitrogen and oxygen atoms in total. The third-order valence-electron chi connectivity index (χ3n) is 3.61. The standard InChI is InChI=1S/C12H19N5/c13-11-3-5-14-12(16-11)15-7-9-4-6-17(8-9)10-1-2-10/h3,5,9-10H,1-2,4,6-8H2,(H3,13,14,15,16). The molecular formula is C12H19N5. The number of hydrogen-bond acceptors (Lipinski definition) is 5. The molecule has 3 rings (SSSR count). The van der Waals surface area contributed by atoms with E-state index in [-0.39, 0.29) is 0 Å². The van der Waals surface area contributed by atoms with E-state index < -0.39 is 0 Å². The van der Waals surface area contributed by atoms with Crippen molar-refractivity contribution in [3.8, 4) is 0 Å². The molecule has 1 saturated heterocycles. The Kier molecular flexibility index (Phi) is 2.84. The molecule has 2 aliphatic rings. The highest BCUT2D eigenvalue weighted by Crippen LogP contribution is 2.31. The Labute approximate surface area is 101 Å². The van der Waals surface area contributed by atoms with Crippen molar-refractivity contribution in [2.24, 2.45) is 5.92 Å². The molecule has 92 valence electrons. The SMILES string of the molecule is Nc1ccnc(NCC2CCN(C3CC3)C2)n1. The predicted octanol–water partition coefficient (Wildman–Crippen LogP) is 0.955. The first kappa shape index (κ1) is 10.8. The van der Waals surface area contributed by atoms with Crippen LogP contribution in [0.1, 0.15) is 19.3 Å². The van der Waals surface area contributed by atoms with Crippen LogP contribution in [-0.4, -0.2) is 40.5 Å². The second-order valence-corrected chi connectivity index (χ2v) is 5.07. The van der Waals surface area contributed by atoms with Gasteiger partial charge in [-0.2, -0.15) is 4.98 Å². The summed E-state index contributed by atoms with van der Waals surface area (Å²) >= 11 is 0. The van der Waals surface area contributed by atoms with Gasteiger partial charge in [-0.25, -0.2) is 4.98 Å². The second-order valence-electron chi connectivity index (χ2n) is 5.07. The van der Waals surface area contributed by atoms with Gasteiger partial charge in [0.05, 0.1) is 0 Å². The molecule has 1 unspecified atom stereocenters. The summed E-state index contributed by atoms with van der Waals surface area (Å²) in [6.07, 6.45) is 5.78. The molecule has 0 radical (unpaired) electrons. The van der Waals surface area contributed by atoms with Crippen LogP contribution in [0.3, 0.4) is 0 Å². The van der Waals surface area contributed by atoms with Gasteiger partial charge in [0, 0.05) is 25.3 Å². The number of nitrogen functional groups attached to an aromatic ring is 1. The van der Waals surface area contributed by atoms with Gasteiger partial charge in [0.1, 0.15) is 5.82 Å². The van der Waals surface area contributed by atoms with Crippen molar-refractivity contribution >= 4 is 11.8 Å². The van der Waals surface area contributed by atoms with Crippen molar-refractivity contribution in [1.82, 2.24) is 14.9 Å². The zero-order valence-electron chi connectivity index (χ0n) is 9.97. The Morgan fingerprint density at radius 2 is 2.29 bits per heavy atom. The van der Waals surface area contributed by atoms with Crippen molar-refractivity contribution in [1.29, 1.82) is 0 Å². The summed E-state index contributed by atoms with van der Waals surface area (Å²) in [5, 5.41) is 3.28. The number of rotatable bonds is 4. The van der Waals surface area contributed by atoms with Crippen LogP contribution in [0.15, 0.2) is 12.3 Å². The Morgan fingerprint density at radius 1 is 1.41 bits per heavy atom. The molecule has 17 heavy (non-hydrogen) atoms. The van der Waals surface area contributed by atoms with Crippen LogP contribution in [-0.2, 0) is 0 Å². The number of aromatic nitrogens is 2. The van der Waals surface area contributed by atoms with Gasteiger partial charge in [0.15, 0.2) is 0 Å². The number of nitrogens with two attached hydrogens (primary N) is 1. The highest BCUT2D eigenvalue weighted by atomic mass is 15.2. The maximum absolute atomic E-state index is 5.61. The van der Waals surface area contributed by atoms with Gasteiger partial charge in [0.25, 0.3) is 0 Å². The molecule has 1 aromatic rings. The topological polar surface area (TPSA) is 67.1 Å². The zero-order valence-corrected chi connectivity index (χ0v) is 9.97. The fourth-order valence-electron chi connectivity index (χ4n) is 2.49. The van der Waals surface area contributed by atoms with Gasteiger partial charge in [-0.15, -0.1) is 0 Å². The van der Waals surface area contributed by atoms with Crippen LogP contribution in [0.5, 0.6) is 0 Å². The Hall–Kier alpha value is -1.36. The van der Waals surface area contributed by atoms with Crippen molar-refractivity contribution in [2.75, 3.05) is 30.7 Å². The summed E-state index contributed by atoms with van der Waals surface area (Å²) in [5.41, 5.74) is 5.61. The molecule has 0 spiro atoms. The normalized spacial score (nSPS) is 25.1. The van der Waals surface area contributed by atoms with Crippen LogP contribution in [0.2, 0.25) is 0 Å². The van der Waals surface area contributed by atoms with Gasteiger partial charge in [-0.05, 0) is 37.8 Å². The average Bonchev–Trinajstić information content (AvgIpc) is 3.07. The first-order valence-electron chi connectivity index (χ1n) is 6.38. The second kappa shape index (κ2) is 4.49. The Morgan fingerprint density at radius 3 is 3.06 bits per heavy atom. The lowest BCUT2D eigenvalue weighted by Gasteiger charge is -2.15. The quantitative estimate of drug-likeness (QED) is 0.810. The van der Waals surface area contributed by atoms with E-state index in [2.05, 4.69) is 20.2 Å². The van der Waals surface area contributed by atoms with Crippen molar-refractivity contribution in [3.63, 3.8) is 0 Å². The molecule has 2 fully saturated rings. The lowest BCUT2D eigenvalue weighted by molar-refractivity contribution is 0.316. The monoisotopic (exact) mass is 233 g/mol. The van der Waals surface area contributed by atoms with Gasteiger partial charge in [-0.3, -0.25) is 0 Å². The maximum Gasteiger partial charge on any atom is 0.224 e. The minimum absolute atomic E-state index is 0.522. The van der Waals surface area contributed by atoms with Crippen LogP contribution < -0.4 is 11.1 Å². The molecular weight excluding hydrogens is 214 g/mol. The minimum Gasteiger partial charge on any atom is -0.384 e. The van der Waals surface area contributed by atoms with Gasteiger partial charge in [-0.1, -0.05) is 0 Å². The van der Waals surface area contributed by atoms with E-state index in [1.54, 1.807) is 12.3 Å². The largest absolute Gasteiger partial charge is 0.384 e.